The molecule has 2 N–H and O–H groups in total. The molecule has 0 aliphatic carbocycles. The number of aryl methyl sites for hydroxylation is 1. The number of nitrogens with zero attached hydrogens (tertiary/aromatic N) is 1. The molecule has 1 atom stereocenters. The second-order valence-electron chi connectivity index (χ2n) is 5.07. The van der Waals surface area contributed by atoms with E-state index in [4.69, 9.17) is 0 Å². The lowest BCUT2D eigenvalue weighted by Crippen LogP contribution is -2.19. The van der Waals surface area contributed by atoms with Gasteiger partial charge in [-0.2, -0.15) is 0 Å². The van der Waals surface area contributed by atoms with Gasteiger partial charge in [-0.1, -0.05) is 18.2 Å². The number of carbonyl (C=O) groups is 1. The number of carbonyl (C=O) groups excluding carboxylic acids is 1. The Kier molecular flexibility index (Phi) is 2.68. The SMILES string of the molecule is Cc1nc2ccc(NC3C(=O)Nc4ccccc43)cc2s1. The maximum absolute atomic E-state index is 12.1. The smallest absolute Gasteiger partial charge is 0.251 e. The van der Waals surface area contributed by atoms with Crippen LogP contribution < -0.4 is 10.6 Å². The van der Waals surface area contributed by atoms with E-state index in [1.807, 2.05) is 49.4 Å². The van der Waals surface area contributed by atoms with Gasteiger partial charge in [-0.05, 0) is 31.2 Å². The molecule has 0 radical (unpaired) electrons. The van der Waals surface area contributed by atoms with Gasteiger partial charge in [0.2, 0.25) is 0 Å². The first kappa shape index (κ1) is 12.3. The Balaban J connectivity index is 1.69. The number of para-hydroxylation sites is 1. The van der Waals surface area contributed by atoms with Crippen molar-refractivity contribution in [1.82, 2.24) is 4.98 Å². The first-order valence-corrected chi connectivity index (χ1v) is 7.56. The van der Waals surface area contributed by atoms with Crippen LogP contribution in [0, 0.1) is 6.92 Å². The van der Waals surface area contributed by atoms with E-state index in [0.29, 0.717) is 0 Å². The minimum absolute atomic E-state index is 0.0169. The Morgan fingerprint density at radius 2 is 2.10 bits per heavy atom. The van der Waals surface area contributed by atoms with Crippen molar-refractivity contribution in [3.63, 3.8) is 0 Å². The fourth-order valence-electron chi connectivity index (χ4n) is 2.65. The van der Waals surface area contributed by atoms with E-state index in [1.54, 1.807) is 11.3 Å². The number of benzene rings is 2. The van der Waals surface area contributed by atoms with E-state index >= 15 is 0 Å². The van der Waals surface area contributed by atoms with Gasteiger partial charge in [-0.3, -0.25) is 4.79 Å². The summed E-state index contributed by atoms with van der Waals surface area (Å²) in [6, 6.07) is 13.4. The molecule has 104 valence electrons. The lowest BCUT2D eigenvalue weighted by atomic mass is 10.1. The normalized spacial score (nSPS) is 16.8. The van der Waals surface area contributed by atoms with Gasteiger partial charge in [0.05, 0.1) is 15.2 Å². The molecular weight excluding hydrogens is 282 g/mol. The van der Waals surface area contributed by atoms with Gasteiger partial charge >= 0.3 is 0 Å². The molecule has 1 unspecified atom stereocenters. The minimum atomic E-state index is -0.340. The average Bonchev–Trinajstić information content (AvgIpc) is 2.98. The number of anilines is 2. The van der Waals surface area contributed by atoms with Gasteiger partial charge in [0.1, 0.15) is 6.04 Å². The van der Waals surface area contributed by atoms with Crippen LogP contribution in [0.3, 0.4) is 0 Å². The number of rotatable bonds is 2. The van der Waals surface area contributed by atoms with Gasteiger partial charge < -0.3 is 10.6 Å². The first-order valence-electron chi connectivity index (χ1n) is 6.74. The molecule has 3 aromatic rings. The maximum Gasteiger partial charge on any atom is 0.251 e. The largest absolute Gasteiger partial charge is 0.370 e. The summed E-state index contributed by atoms with van der Waals surface area (Å²) in [6.07, 6.45) is 0. The van der Waals surface area contributed by atoms with Crippen LogP contribution in [0.1, 0.15) is 16.6 Å². The molecule has 1 aliphatic heterocycles. The monoisotopic (exact) mass is 295 g/mol. The van der Waals surface area contributed by atoms with Crippen molar-refractivity contribution in [1.29, 1.82) is 0 Å². The van der Waals surface area contributed by atoms with Crippen LogP contribution in [0.4, 0.5) is 11.4 Å². The van der Waals surface area contributed by atoms with Crippen molar-refractivity contribution >= 4 is 38.8 Å². The highest BCUT2D eigenvalue weighted by atomic mass is 32.1. The van der Waals surface area contributed by atoms with Gasteiger partial charge in [0, 0.05) is 16.9 Å². The zero-order valence-electron chi connectivity index (χ0n) is 11.4. The number of amides is 1. The highest BCUT2D eigenvalue weighted by molar-refractivity contribution is 7.18. The summed E-state index contributed by atoms with van der Waals surface area (Å²) in [5.74, 6) is -0.0169. The summed E-state index contributed by atoms with van der Waals surface area (Å²) < 4.78 is 1.13. The quantitative estimate of drug-likeness (QED) is 0.757. The van der Waals surface area contributed by atoms with Crippen molar-refractivity contribution in [2.45, 2.75) is 13.0 Å². The zero-order valence-corrected chi connectivity index (χ0v) is 12.2. The van der Waals surface area contributed by atoms with Gasteiger partial charge in [-0.15, -0.1) is 11.3 Å². The summed E-state index contributed by atoms with van der Waals surface area (Å²) in [6.45, 7) is 2.00. The number of thiazole rings is 1. The lowest BCUT2D eigenvalue weighted by molar-refractivity contribution is -0.116. The lowest BCUT2D eigenvalue weighted by Gasteiger charge is -2.12. The predicted octanol–water partition coefficient (Wildman–Crippen LogP) is 3.71. The van der Waals surface area contributed by atoms with Crippen LogP contribution >= 0.6 is 11.3 Å². The average molecular weight is 295 g/mol. The summed E-state index contributed by atoms with van der Waals surface area (Å²) in [5, 5.41) is 7.26. The molecule has 1 amide bonds. The Morgan fingerprint density at radius 3 is 3.00 bits per heavy atom. The second-order valence-corrected chi connectivity index (χ2v) is 6.30. The van der Waals surface area contributed by atoms with E-state index in [9.17, 15) is 4.79 Å². The third kappa shape index (κ3) is 2.06. The van der Waals surface area contributed by atoms with Gasteiger partial charge in [0.15, 0.2) is 0 Å². The topological polar surface area (TPSA) is 54.0 Å². The third-order valence-corrected chi connectivity index (χ3v) is 4.53. The van der Waals surface area contributed by atoms with Crippen molar-refractivity contribution in [2.24, 2.45) is 0 Å². The highest BCUT2D eigenvalue weighted by Gasteiger charge is 2.29. The second kappa shape index (κ2) is 4.56. The van der Waals surface area contributed by atoms with E-state index in [1.165, 1.54) is 0 Å². The first-order chi connectivity index (χ1) is 10.2. The molecule has 2 aromatic carbocycles. The van der Waals surface area contributed by atoms with Crippen LogP contribution in [-0.2, 0) is 4.79 Å². The molecule has 0 bridgehead atoms. The maximum atomic E-state index is 12.1. The molecule has 1 aliphatic rings. The van der Waals surface area contributed by atoms with Crippen molar-refractivity contribution < 1.29 is 4.79 Å². The van der Waals surface area contributed by atoms with Crippen molar-refractivity contribution in [2.75, 3.05) is 10.6 Å². The minimum Gasteiger partial charge on any atom is -0.370 e. The Labute approximate surface area is 125 Å². The van der Waals surface area contributed by atoms with Gasteiger partial charge in [0.25, 0.3) is 5.91 Å². The summed E-state index contributed by atoms with van der Waals surface area (Å²) in [4.78, 5) is 16.6. The van der Waals surface area contributed by atoms with Crippen LogP contribution in [0.15, 0.2) is 42.5 Å². The van der Waals surface area contributed by atoms with Crippen LogP contribution in [0.25, 0.3) is 10.2 Å². The number of hydrogen-bond donors (Lipinski definition) is 2. The highest BCUT2D eigenvalue weighted by Crippen LogP contribution is 2.34. The van der Waals surface area contributed by atoms with Crippen molar-refractivity contribution in [3.8, 4) is 0 Å². The number of aromatic nitrogens is 1. The fourth-order valence-corrected chi connectivity index (χ4v) is 3.51. The molecule has 0 saturated carbocycles. The van der Waals surface area contributed by atoms with Gasteiger partial charge in [-0.25, -0.2) is 4.98 Å². The molecule has 5 heteroatoms. The van der Waals surface area contributed by atoms with E-state index in [0.717, 1.165) is 32.2 Å². The van der Waals surface area contributed by atoms with Crippen LogP contribution in [-0.4, -0.2) is 10.9 Å². The van der Waals surface area contributed by atoms with E-state index in [-0.39, 0.29) is 11.9 Å². The molecule has 4 nitrogen and oxygen atoms in total. The molecule has 4 rings (SSSR count). The summed E-state index contributed by atoms with van der Waals surface area (Å²) in [7, 11) is 0. The van der Waals surface area contributed by atoms with Crippen molar-refractivity contribution in [3.05, 3.63) is 53.0 Å². The van der Waals surface area contributed by atoms with Crippen LogP contribution in [0.2, 0.25) is 0 Å². The Bertz CT molecular complexity index is 856. The number of nitrogens with one attached hydrogen (secondary N) is 2. The Morgan fingerprint density at radius 1 is 1.24 bits per heavy atom. The molecular formula is C16H13N3OS. The number of fused-ring (bicyclic) bond motifs is 2. The zero-order chi connectivity index (χ0) is 14.4. The molecule has 2 heterocycles. The molecule has 0 saturated heterocycles. The van der Waals surface area contributed by atoms with E-state index < -0.39 is 0 Å². The van der Waals surface area contributed by atoms with Crippen LogP contribution in [0.5, 0.6) is 0 Å². The molecule has 21 heavy (non-hydrogen) atoms. The number of hydrogen-bond acceptors (Lipinski definition) is 4. The third-order valence-electron chi connectivity index (χ3n) is 3.60. The molecule has 1 aromatic heterocycles. The molecule has 0 spiro atoms. The fraction of sp³-hybridized carbons (Fsp3) is 0.125. The molecule has 0 fully saturated rings. The summed E-state index contributed by atoms with van der Waals surface area (Å²) in [5.41, 5.74) is 3.81. The summed E-state index contributed by atoms with van der Waals surface area (Å²) >= 11 is 1.66. The standard InChI is InChI=1S/C16H13N3OS/c1-9-17-13-7-6-10(8-14(13)21-9)18-15-11-4-2-3-5-12(11)19-16(15)20/h2-8,15,18H,1H3,(H,19,20). The predicted molar refractivity (Wildman–Crippen MR) is 85.8 cm³/mol. The van der Waals surface area contributed by atoms with E-state index in [2.05, 4.69) is 15.6 Å². The Hall–Kier alpha value is -2.40.